The van der Waals surface area contributed by atoms with Gasteiger partial charge >= 0.3 is 5.97 Å². The predicted octanol–water partition coefficient (Wildman–Crippen LogP) is 2.48. The molecule has 1 N–H and O–H groups in total. The Labute approximate surface area is 172 Å². The van der Waals surface area contributed by atoms with Gasteiger partial charge in [-0.25, -0.2) is 13.2 Å². The molecule has 1 heterocycles. The Morgan fingerprint density at radius 2 is 1.90 bits per heavy atom. The summed E-state index contributed by atoms with van der Waals surface area (Å²) in [6.45, 7) is -0.294. The second-order valence-corrected chi connectivity index (χ2v) is 7.82. The number of carbonyl (C=O) groups is 1. The molecule has 0 spiro atoms. The molecule has 10 nitrogen and oxygen atoms in total. The number of aromatic nitrogens is 2. The molecule has 0 atom stereocenters. The number of nitrogens with one attached hydrogen (secondary N) is 1. The number of para-hydroxylation sites is 1. The zero-order chi connectivity index (χ0) is 21.7. The fourth-order valence-electron chi connectivity index (χ4n) is 2.56. The number of benzene rings is 2. The Kier molecular flexibility index (Phi) is 6.21. The van der Waals surface area contributed by atoms with E-state index in [1.807, 2.05) is 0 Å². The van der Waals surface area contributed by atoms with Crippen LogP contribution in [0.5, 0.6) is 11.5 Å². The lowest BCUT2D eigenvalue weighted by molar-refractivity contribution is 0.0431. The number of esters is 1. The van der Waals surface area contributed by atoms with Gasteiger partial charge in [-0.05, 0) is 24.3 Å². The number of rotatable bonds is 8. The second-order valence-electron chi connectivity index (χ2n) is 6.07. The van der Waals surface area contributed by atoms with Crippen LogP contribution in [0.25, 0.3) is 11.4 Å². The second kappa shape index (κ2) is 8.82. The van der Waals surface area contributed by atoms with E-state index in [0.29, 0.717) is 17.1 Å². The molecule has 1 aromatic heterocycles. The lowest BCUT2D eigenvalue weighted by atomic mass is 10.2. The maximum absolute atomic E-state index is 12.4. The number of carbonyl (C=O) groups excluding carboxylic acids is 1. The predicted molar refractivity (Wildman–Crippen MR) is 107 cm³/mol. The summed E-state index contributed by atoms with van der Waals surface area (Å²) in [7, 11) is -0.515. The van der Waals surface area contributed by atoms with E-state index in [4.69, 9.17) is 18.7 Å². The first-order valence-electron chi connectivity index (χ1n) is 8.59. The van der Waals surface area contributed by atoms with E-state index in [1.165, 1.54) is 19.2 Å². The van der Waals surface area contributed by atoms with Gasteiger partial charge in [-0.1, -0.05) is 17.3 Å². The van der Waals surface area contributed by atoms with E-state index < -0.39 is 16.0 Å². The average molecular weight is 433 g/mol. The van der Waals surface area contributed by atoms with Crippen LogP contribution in [0.15, 0.2) is 47.0 Å². The van der Waals surface area contributed by atoms with Crippen molar-refractivity contribution in [2.24, 2.45) is 0 Å². The lowest BCUT2D eigenvalue weighted by Gasteiger charge is -2.09. The van der Waals surface area contributed by atoms with Crippen LogP contribution >= 0.6 is 0 Å². The van der Waals surface area contributed by atoms with Crippen LogP contribution in [0.3, 0.4) is 0 Å². The molecule has 0 fully saturated rings. The molecule has 158 valence electrons. The number of hydrogen-bond donors (Lipinski definition) is 1. The minimum Gasteiger partial charge on any atom is -0.497 e. The summed E-state index contributed by atoms with van der Waals surface area (Å²) in [5.41, 5.74) is 0.737. The molecule has 0 bridgehead atoms. The molecule has 0 aliphatic rings. The fourth-order valence-corrected chi connectivity index (χ4v) is 3.14. The number of hydrogen-bond acceptors (Lipinski definition) is 9. The smallest absolute Gasteiger partial charge is 0.340 e. The molecule has 30 heavy (non-hydrogen) atoms. The van der Waals surface area contributed by atoms with Crippen molar-refractivity contribution < 1.29 is 31.9 Å². The highest BCUT2D eigenvalue weighted by Crippen LogP contribution is 2.31. The molecule has 0 radical (unpaired) electrons. The molecule has 0 aliphatic carbocycles. The maximum atomic E-state index is 12.4. The normalized spacial score (nSPS) is 11.0. The molecule has 3 rings (SSSR count). The summed E-state index contributed by atoms with van der Waals surface area (Å²) in [6, 6.07) is 11.2. The topological polar surface area (TPSA) is 130 Å². The molecule has 0 saturated heterocycles. The van der Waals surface area contributed by atoms with Crippen molar-refractivity contribution in [3.63, 3.8) is 0 Å². The Morgan fingerprint density at radius 1 is 1.13 bits per heavy atom. The van der Waals surface area contributed by atoms with Gasteiger partial charge in [-0.2, -0.15) is 4.98 Å². The number of ether oxygens (including phenoxy) is 3. The number of anilines is 1. The van der Waals surface area contributed by atoms with E-state index in [-0.39, 0.29) is 29.6 Å². The Balaban J connectivity index is 1.73. The number of methoxy groups -OCH3 is 2. The van der Waals surface area contributed by atoms with Crippen LogP contribution in [0.2, 0.25) is 0 Å². The van der Waals surface area contributed by atoms with Gasteiger partial charge in [0.1, 0.15) is 11.5 Å². The van der Waals surface area contributed by atoms with Gasteiger partial charge in [-0.15, -0.1) is 0 Å². The summed E-state index contributed by atoms with van der Waals surface area (Å²) < 4.78 is 46.0. The quantitative estimate of drug-likeness (QED) is 0.532. The maximum Gasteiger partial charge on any atom is 0.340 e. The molecule has 2 aromatic carbocycles. The Hall–Kier alpha value is -3.60. The highest BCUT2D eigenvalue weighted by molar-refractivity contribution is 7.92. The van der Waals surface area contributed by atoms with E-state index in [1.54, 1.807) is 37.4 Å². The Bertz CT molecular complexity index is 1160. The number of nitrogens with zero attached hydrogens (tertiary/aromatic N) is 2. The van der Waals surface area contributed by atoms with Crippen LogP contribution in [-0.4, -0.2) is 45.0 Å². The van der Waals surface area contributed by atoms with Crippen LogP contribution in [-0.2, 0) is 21.4 Å². The van der Waals surface area contributed by atoms with Crippen LogP contribution in [0.4, 0.5) is 5.69 Å². The fraction of sp³-hybridized carbons (Fsp3) is 0.211. The van der Waals surface area contributed by atoms with Crippen molar-refractivity contribution in [3.05, 3.63) is 53.9 Å². The zero-order valence-electron chi connectivity index (χ0n) is 16.4. The van der Waals surface area contributed by atoms with Gasteiger partial charge in [0.2, 0.25) is 15.8 Å². The van der Waals surface area contributed by atoms with Gasteiger partial charge in [0.15, 0.2) is 6.61 Å². The largest absolute Gasteiger partial charge is 0.497 e. The highest BCUT2D eigenvalue weighted by atomic mass is 32.2. The minimum absolute atomic E-state index is 0.0551. The van der Waals surface area contributed by atoms with Gasteiger partial charge in [-0.3, -0.25) is 4.72 Å². The third kappa shape index (κ3) is 5.06. The SMILES string of the molecule is COc1ccc(-c2noc(COC(=O)c3ccccc3NS(C)(=O)=O)n2)c(OC)c1. The third-order valence-corrected chi connectivity index (χ3v) is 4.48. The first-order valence-corrected chi connectivity index (χ1v) is 10.5. The van der Waals surface area contributed by atoms with Crippen molar-refractivity contribution in [1.29, 1.82) is 0 Å². The first-order chi connectivity index (χ1) is 14.3. The van der Waals surface area contributed by atoms with Gasteiger partial charge in [0.25, 0.3) is 5.89 Å². The summed E-state index contributed by atoms with van der Waals surface area (Å²) >= 11 is 0. The average Bonchev–Trinajstić information content (AvgIpc) is 3.19. The highest BCUT2D eigenvalue weighted by Gasteiger charge is 2.18. The van der Waals surface area contributed by atoms with E-state index in [2.05, 4.69) is 14.9 Å². The van der Waals surface area contributed by atoms with E-state index >= 15 is 0 Å². The van der Waals surface area contributed by atoms with Gasteiger partial charge < -0.3 is 18.7 Å². The Morgan fingerprint density at radius 3 is 2.60 bits per heavy atom. The van der Waals surface area contributed by atoms with Crippen molar-refractivity contribution in [2.45, 2.75) is 6.61 Å². The van der Waals surface area contributed by atoms with Crippen molar-refractivity contribution in [1.82, 2.24) is 10.1 Å². The molecule has 0 aliphatic heterocycles. The van der Waals surface area contributed by atoms with Crippen molar-refractivity contribution >= 4 is 21.7 Å². The first kappa shape index (κ1) is 21.1. The standard InChI is InChI=1S/C19H19N3O7S/c1-26-12-8-9-14(16(10-12)27-2)18-20-17(29-21-18)11-28-19(23)13-6-4-5-7-15(13)22-30(3,24)25/h4-10,22H,11H2,1-3H3. The van der Waals surface area contributed by atoms with E-state index in [9.17, 15) is 13.2 Å². The third-order valence-electron chi connectivity index (χ3n) is 3.89. The molecule has 0 saturated carbocycles. The summed E-state index contributed by atoms with van der Waals surface area (Å²) in [5.74, 6) is 0.655. The molecule has 0 unspecified atom stereocenters. The van der Waals surface area contributed by atoms with Crippen LogP contribution in [0.1, 0.15) is 16.2 Å². The summed E-state index contributed by atoms with van der Waals surface area (Å²) in [5, 5.41) is 3.88. The monoisotopic (exact) mass is 433 g/mol. The summed E-state index contributed by atoms with van der Waals surface area (Å²) in [4.78, 5) is 16.6. The van der Waals surface area contributed by atoms with Crippen LogP contribution in [0, 0.1) is 0 Å². The van der Waals surface area contributed by atoms with Crippen LogP contribution < -0.4 is 14.2 Å². The molecule has 3 aromatic rings. The molecular weight excluding hydrogens is 414 g/mol. The number of sulfonamides is 1. The molecular formula is C19H19N3O7S. The lowest BCUT2D eigenvalue weighted by Crippen LogP contribution is -2.14. The summed E-state index contributed by atoms with van der Waals surface area (Å²) in [6.07, 6.45) is 0.989. The van der Waals surface area contributed by atoms with Crippen molar-refractivity contribution in [2.75, 3.05) is 25.2 Å². The minimum atomic E-state index is -3.56. The zero-order valence-corrected chi connectivity index (χ0v) is 17.2. The van der Waals surface area contributed by atoms with Crippen molar-refractivity contribution in [3.8, 4) is 22.9 Å². The molecule has 0 amide bonds. The van der Waals surface area contributed by atoms with E-state index in [0.717, 1.165) is 6.26 Å². The van der Waals surface area contributed by atoms with Gasteiger partial charge in [0, 0.05) is 6.07 Å². The molecule has 11 heteroatoms. The van der Waals surface area contributed by atoms with Gasteiger partial charge in [0.05, 0.1) is 37.3 Å².